The molecule has 0 aliphatic heterocycles. The largest absolute Gasteiger partial charge is 0.453 e. The van der Waals surface area contributed by atoms with Crippen LogP contribution in [0.3, 0.4) is 0 Å². The van der Waals surface area contributed by atoms with Gasteiger partial charge in [0.05, 0.1) is 7.11 Å². The van der Waals surface area contributed by atoms with Gasteiger partial charge in [-0.2, -0.15) is 0 Å². The van der Waals surface area contributed by atoms with E-state index in [9.17, 15) is 4.79 Å². The molecule has 0 N–H and O–H groups in total. The van der Waals surface area contributed by atoms with E-state index < -0.39 is 0 Å². The van der Waals surface area contributed by atoms with Gasteiger partial charge in [-0.1, -0.05) is 12.2 Å². The molecule has 3 heteroatoms. The minimum Gasteiger partial charge on any atom is -0.453 e. The van der Waals surface area contributed by atoms with E-state index in [-0.39, 0.29) is 6.09 Å². The summed E-state index contributed by atoms with van der Waals surface area (Å²) in [6.45, 7) is 2.51. The highest BCUT2D eigenvalue weighted by Gasteiger charge is 2.03. The van der Waals surface area contributed by atoms with Crippen LogP contribution in [0.5, 0.6) is 0 Å². The number of hydrogen-bond acceptors (Lipinski definition) is 2. The summed E-state index contributed by atoms with van der Waals surface area (Å²) in [6.07, 6.45) is 3.47. The number of carbonyl (C=O) groups excluding carboxylic acids is 1. The van der Waals surface area contributed by atoms with E-state index in [4.69, 9.17) is 0 Å². The zero-order valence-electron chi connectivity index (χ0n) is 6.63. The molecule has 10 heavy (non-hydrogen) atoms. The Morgan fingerprint density at radius 1 is 1.70 bits per heavy atom. The van der Waals surface area contributed by atoms with E-state index in [1.54, 1.807) is 7.05 Å². The number of likely N-dealkylation sites (N-methyl/N-ethyl adjacent to an activating group) is 1. The molecule has 0 bridgehead atoms. The second kappa shape index (κ2) is 4.85. The standard InChI is InChI=1S/C7H13NO2/c1-4-5-6-8(2)7(9)10-3/h4-5H,6H2,1-3H3/b5-4-. The molecule has 58 valence electrons. The predicted octanol–water partition coefficient (Wildman–Crippen LogP) is 1.26. The molecular weight excluding hydrogens is 130 g/mol. The lowest BCUT2D eigenvalue weighted by atomic mass is 10.5. The van der Waals surface area contributed by atoms with Crippen LogP contribution in [0.1, 0.15) is 6.92 Å². The Labute approximate surface area is 61.3 Å². The molecule has 0 aromatic carbocycles. The highest BCUT2D eigenvalue weighted by atomic mass is 16.5. The maximum atomic E-state index is 10.7. The minimum atomic E-state index is -0.307. The number of hydrogen-bond donors (Lipinski definition) is 0. The fraction of sp³-hybridized carbons (Fsp3) is 0.571. The summed E-state index contributed by atoms with van der Waals surface area (Å²) < 4.78 is 4.46. The number of carbonyl (C=O) groups is 1. The summed E-state index contributed by atoms with van der Waals surface area (Å²) in [5.74, 6) is 0. The molecule has 0 heterocycles. The first-order valence-electron chi connectivity index (χ1n) is 3.12. The van der Waals surface area contributed by atoms with E-state index in [2.05, 4.69) is 4.74 Å². The van der Waals surface area contributed by atoms with Crippen molar-refractivity contribution in [1.82, 2.24) is 4.90 Å². The molecule has 0 saturated carbocycles. The molecule has 0 unspecified atom stereocenters. The van der Waals surface area contributed by atoms with Crippen LogP contribution in [0.2, 0.25) is 0 Å². The van der Waals surface area contributed by atoms with Crippen LogP contribution in [0.15, 0.2) is 12.2 Å². The maximum Gasteiger partial charge on any atom is 0.409 e. The number of methoxy groups -OCH3 is 1. The Kier molecular flexibility index (Phi) is 4.37. The molecule has 1 amide bonds. The van der Waals surface area contributed by atoms with Crippen molar-refractivity contribution in [2.75, 3.05) is 20.7 Å². The molecule has 0 atom stereocenters. The third-order valence-electron chi connectivity index (χ3n) is 1.10. The number of allylic oxidation sites excluding steroid dienone is 1. The molecule has 0 rings (SSSR count). The second-order valence-electron chi connectivity index (χ2n) is 1.92. The topological polar surface area (TPSA) is 29.5 Å². The van der Waals surface area contributed by atoms with Gasteiger partial charge < -0.3 is 9.64 Å². The lowest BCUT2D eigenvalue weighted by Crippen LogP contribution is -2.26. The van der Waals surface area contributed by atoms with Crippen LogP contribution in [0, 0.1) is 0 Å². The minimum absolute atomic E-state index is 0.307. The third-order valence-corrected chi connectivity index (χ3v) is 1.10. The summed E-state index contributed by atoms with van der Waals surface area (Å²) >= 11 is 0. The fourth-order valence-corrected chi connectivity index (χ4v) is 0.494. The van der Waals surface area contributed by atoms with Crippen LogP contribution in [-0.2, 0) is 4.74 Å². The highest BCUT2D eigenvalue weighted by molar-refractivity contribution is 5.67. The summed E-state index contributed by atoms with van der Waals surface area (Å²) in [4.78, 5) is 12.2. The van der Waals surface area contributed by atoms with Crippen molar-refractivity contribution in [2.24, 2.45) is 0 Å². The lowest BCUT2D eigenvalue weighted by Gasteiger charge is -2.11. The zero-order chi connectivity index (χ0) is 7.98. The lowest BCUT2D eigenvalue weighted by molar-refractivity contribution is 0.137. The average molecular weight is 143 g/mol. The summed E-state index contributed by atoms with van der Waals surface area (Å²) in [5.41, 5.74) is 0. The molecule has 0 spiro atoms. The molecule has 0 aliphatic carbocycles. The van der Waals surface area contributed by atoms with Gasteiger partial charge in [-0.15, -0.1) is 0 Å². The summed E-state index contributed by atoms with van der Waals surface area (Å²) in [7, 11) is 3.06. The molecule has 0 saturated heterocycles. The fourth-order valence-electron chi connectivity index (χ4n) is 0.494. The van der Waals surface area contributed by atoms with Crippen LogP contribution in [0.4, 0.5) is 4.79 Å². The molecular formula is C7H13NO2. The number of rotatable bonds is 2. The molecule has 0 aromatic rings. The molecule has 3 nitrogen and oxygen atoms in total. The van der Waals surface area contributed by atoms with Crippen molar-refractivity contribution in [3.05, 3.63) is 12.2 Å². The highest BCUT2D eigenvalue weighted by Crippen LogP contribution is 1.87. The monoisotopic (exact) mass is 143 g/mol. The van der Waals surface area contributed by atoms with Gasteiger partial charge in [-0.25, -0.2) is 4.79 Å². The second-order valence-corrected chi connectivity index (χ2v) is 1.92. The van der Waals surface area contributed by atoms with Crippen LogP contribution < -0.4 is 0 Å². The SMILES string of the molecule is C/C=C\CN(C)C(=O)OC. The number of nitrogens with zero attached hydrogens (tertiary/aromatic N) is 1. The van der Waals surface area contributed by atoms with E-state index in [0.29, 0.717) is 6.54 Å². The summed E-state index contributed by atoms with van der Waals surface area (Å²) in [5, 5.41) is 0. The van der Waals surface area contributed by atoms with Gasteiger partial charge in [0, 0.05) is 13.6 Å². The van der Waals surface area contributed by atoms with E-state index in [1.165, 1.54) is 12.0 Å². The van der Waals surface area contributed by atoms with Gasteiger partial charge in [0.25, 0.3) is 0 Å². The Morgan fingerprint density at radius 3 is 2.70 bits per heavy atom. The summed E-state index contributed by atoms with van der Waals surface area (Å²) in [6, 6.07) is 0. The Morgan fingerprint density at radius 2 is 2.30 bits per heavy atom. The van der Waals surface area contributed by atoms with Gasteiger partial charge in [-0.05, 0) is 6.92 Å². The van der Waals surface area contributed by atoms with Gasteiger partial charge in [0.2, 0.25) is 0 Å². The van der Waals surface area contributed by atoms with E-state index in [0.717, 1.165) is 0 Å². The first kappa shape index (κ1) is 9.01. The average Bonchev–Trinajstić information content (AvgIpc) is 1.98. The van der Waals surface area contributed by atoms with Crippen LogP contribution in [0.25, 0.3) is 0 Å². The van der Waals surface area contributed by atoms with Crippen molar-refractivity contribution in [3.63, 3.8) is 0 Å². The maximum absolute atomic E-state index is 10.7. The number of amides is 1. The van der Waals surface area contributed by atoms with Crippen molar-refractivity contribution < 1.29 is 9.53 Å². The Hall–Kier alpha value is -0.990. The zero-order valence-corrected chi connectivity index (χ0v) is 6.63. The predicted molar refractivity (Wildman–Crippen MR) is 39.8 cm³/mol. The van der Waals surface area contributed by atoms with E-state index >= 15 is 0 Å². The molecule has 0 aliphatic rings. The van der Waals surface area contributed by atoms with Gasteiger partial charge in [0.15, 0.2) is 0 Å². The van der Waals surface area contributed by atoms with Gasteiger partial charge in [0.1, 0.15) is 0 Å². The van der Waals surface area contributed by atoms with Crippen LogP contribution >= 0.6 is 0 Å². The van der Waals surface area contributed by atoms with Crippen molar-refractivity contribution in [1.29, 1.82) is 0 Å². The van der Waals surface area contributed by atoms with E-state index in [1.807, 2.05) is 19.1 Å². The first-order chi connectivity index (χ1) is 4.72. The Bertz CT molecular complexity index is 132. The molecule has 0 aromatic heterocycles. The third kappa shape index (κ3) is 3.12. The van der Waals surface area contributed by atoms with Crippen LogP contribution in [-0.4, -0.2) is 31.7 Å². The smallest absolute Gasteiger partial charge is 0.409 e. The number of ether oxygens (including phenoxy) is 1. The van der Waals surface area contributed by atoms with Gasteiger partial charge in [-0.3, -0.25) is 0 Å². The van der Waals surface area contributed by atoms with Crippen molar-refractivity contribution >= 4 is 6.09 Å². The molecule has 0 fully saturated rings. The normalized spacial score (nSPS) is 9.90. The quantitative estimate of drug-likeness (QED) is 0.544. The van der Waals surface area contributed by atoms with Crippen molar-refractivity contribution in [2.45, 2.75) is 6.92 Å². The Balaban J connectivity index is 3.61. The van der Waals surface area contributed by atoms with Crippen molar-refractivity contribution in [3.8, 4) is 0 Å². The first-order valence-corrected chi connectivity index (χ1v) is 3.12. The van der Waals surface area contributed by atoms with Gasteiger partial charge >= 0.3 is 6.09 Å². The molecule has 0 radical (unpaired) electrons.